The zero-order valence-electron chi connectivity index (χ0n) is 23.4. The zero-order valence-corrected chi connectivity index (χ0v) is 23.4. The summed E-state index contributed by atoms with van der Waals surface area (Å²) in [6, 6.07) is 39.7. The van der Waals surface area contributed by atoms with Gasteiger partial charge in [0.1, 0.15) is 0 Å². The maximum absolute atomic E-state index is 2.30. The van der Waals surface area contributed by atoms with E-state index >= 15 is 0 Å². The normalized spacial score (nSPS) is 10.9. The van der Waals surface area contributed by atoms with Crippen LogP contribution < -0.4 is 0 Å². The third kappa shape index (κ3) is 4.02. The van der Waals surface area contributed by atoms with Crippen molar-refractivity contribution in [3.63, 3.8) is 0 Å². The van der Waals surface area contributed by atoms with Crippen LogP contribution in [0, 0.1) is 13.8 Å². The van der Waals surface area contributed by atoms with Crippen LogP contribution in [0.3, 0.4) is 0 Å². The summed E-state index contributed by atoms with van der Waals surface area (Å²) in [5.74, 6) is 0. The fraction of sp³-hybridized carbons (Fsp3) is 0.158. The fourth-order valence-corrected chi connectivity index (χ4v) is 5.93. The predicted octanol–water partition coefficient (Wildman–Crippen LogP) is 11.6. The van der Waals surface area contributed by atoms with E-state index in [0.29, 0.717) is 0 Å². The fourth-order valence-electron chi connectivity index (χ4n) is 5.93. The Labute approximate surface area is 227 Å². The summed E-state index contributed by atoms with van der Waals surface area (Å²) < 4.78 is 0. The minimum absolute atomic E-state index is 1.33. The van der Waals surface area contributed by atoms with Gasteiger partial charge in [0.15, 0.2) is 0 Å². The quantitative estimate of drug-likeness (QED) is 0.197. The van der Waals surface area contributed by atoms with Crippen LogP contribution in [0.4, 0.5) is 0 Å². The Morgan fingerprint density at radius 1 is 0.368 bits per heavy atom. The Morgan fingerprint density at radius 3 is 1.42 bits per heavy atom. The summed E-state index contributed by atoms with van der Waals surface area (Å²) in [6.45, 7) is 12.4. The van der Waals surface area contributed by atoms with Gasteiger partial charge in [-0.3, -0.25) is 0 Å². The molecule has 2 aliphatic carbocycles. The molecule has 38 heavy (non-hydrogen) atoms. The molecule has 0 fully saturated rings. The first-order valence-electron chi connectivity index (χ1n) is 14.0. The number of hydrogen-bond acceptors (Lipinski definition) is 0. The van der Waals surface area contributed by atoms with E-state index in [1.165, 1.54) is 77.2 Å². The van der Waals surface area contributed by atoms with Gasteiger partial charge in [-0.15, -0.1) is 0 Å². The van der Waals surface area contributed by atoms with Gasteiger partial charge in [0.05, 0.1) is 0 Å². The van der Waals surface area contributed by atoms with Gasteiger partial charge in [0, 0.05) is 0 Å². The second-order valence-corrected chi connectivity index (χ2v) is 9.47. The van der Waals surface area contributed by atoms with Gasteiger partial charge < -0.3 is 0 Å². The van der Waals surface area contributed by atoms with Gasteiger partial charge >= 0.3 is 0 Å². The summed E-state index contributed by atoms with van der Waals surface area (Å²) in [4.78, 5) is 0. The topological polar surface area (TPSA) is 0 Å². The lowest BCUT2D eigenvalue weighted by Crippen LogP contribution is -1.80. The van der Waals surface area contributed by atoms with E-state index in [2.05, 4.69) is 123 Å². The molecule has 6 aromatic rings. The molecule has 0 saturated heterocycles. The van der Waals surface area contributed by atoms with E-state index in [0.717, 1.165) is 0 Å². The van der Waals surface area contributed by atoms with Crippen LogP contribution >= 0.6 is 0 Å². The Hall–Kier alpha value is -4.16. The number of hydrogen-bond donors (Lipinski definition) is 0. The van der Waals surface area contributed by atoms with Crippen molar-refractivity contribution in [2.45, 2.75) is 41.5 Å². The van der Waals surface area contributed by atoms with Crippen LogP contribution in [-0.2, 0) is 0 Å². The first-order valence-corrected chi connectivity index (χ1v) is 14.0. The van der Waals surface area contributed by atoms with Crippen molar-refractivity contribution >= 4 is 21.5 Å². The summed E-state index contributed by atoms with van der Waals surface area (Å²) in [7, 11) is 0. The highest BCUT2D eigenvalue weighted by atomic mass is 14.2. The molecule has 0 amide bonds. The SMILES string of the molecule is CC.CC.Cc1ccc2c(c1)-c1cccc3cccc-2c13.Cc1cccc2c1-c1cccc3cccc-2c13. The summed E-state index contributed by atoms with van der Waals surface area (Å²) in [5.41, 5.74) is 13.8. The molecule has 0 N–H and O–H groups in total. The molecular formula is C38H36. The highest BCUT2D eigenvalue weighted by molar-refractivity contribution is 6.16. The van der Waals surface area contributed by atoms with Crippen molar-refractivity contribution < 1.29 is 0 Å². The van der Waals surface area contributed by atoms with E-state index in [-0.39, 0.29) is 0 Å². The second-order valence-electron chi connectivity index (χ2n) is 9.47. The molecule has 0 saturated carbocycles. The lowest BCUT2D eigenvalue weighted by atomic mass is 9.99. The molecule has 2 aliphatic rings. The minimum atomic E-state index is 1.33. The van der Waals surface area contributed by atoms with Crippen molar-refractivity contribution in [1.29, 1.82) is 0 Å². The monoisotopic (exact) mass is 492 g/mol. The molecule has 0 heterocycles. The third-order valence-electron chi connectivity index (χ3n) is 7.40. The zero-order chi connectivity index (χ0) is 26.8. The first kappa shape index (κ1) is 25.5. The van der Waals surface area contributed by atoms with Crippen LogP contribution in [0.15, 0.2) is 109 Å². The average Bonchev–Trinajstić information content (AvgIpc) is 3.48. The molecule has 0 atom stereocenters. The molecule has 0 aromatic heterocycles. The number of aryl methyl sites for hydroxylation is 2. The van der Waals surface area contributed by atoms with Gasteiger partial charge in [-0.05, 0) is 85.5 Å². The predicted molar refractivity (Wildman–Crippen MR) is 169 cm³/mol. The maximum atomic E-state index is 2.30. The largest absolute Gasteiger partial charge is 0.0683 e. The van der Waals surface area contributed by atoms with Crippen LogP contribution in [0.5, 0.6) is 0 Å². The molecule has 0 bridgehead atoms. The van der Waals surface area contributed by atoms with Crippen molar-refractivity contribution in [1.82, 2.24) is 0 Å². The Bertz CT molecular complexity index is 1750. The van der Waals surface area contributed by atoms with Crippen molar-refractivity contribution in [2.75, 3.05) is 0 Å². The van der Waals surface area contributed by atoms with Gasteiger partial charge in [0.2, 0.25) is 0 Å². The number of rotatable bonds is 0. The van der Waals surface area contributed by atoms with E-state index in [1.54, 1.807) is 0 Å². The molecule has 0 unspecified atom stereocenters. The van der Waals surface area contributed by atoms with Crippen molar-refractivity contribution in [2.24, 2.45) is 0 Å². The van der Waals surface area contributed by atoms with Crippen LogP contribution in [0.2, 0.25) is 0 Å². The molecule has 0 nitrogen and oxygen atoms in total. The Morgan fingerprint density at radius 2 is 0.816 bits per heavy atom. The maximum Gasteiger partial charge on any atom is -0.00263 e. The van der Waals surface area contributed by atoms with Crippen LogP contribution in [-0.4, -0.2) is 0 Å². The lowest BCUT2D eigenvalue weighted by molar-refractivity contribution is 1.48. The molecule has 188 valence electrons. The highest BCUT2D eigenvalue weighted by Crippen LogP contribution is 2.48. The molecule has 0 spiro atoms. The van der Waals surface area contributed by atoms with Crippen LogP contribution in [0.25, 0.3) is 66.1 Å². The molecule has 0 aliphatic heterocycles. The van der Waals surface area contributed by atoms with Gasteiger partial charge in [-0.25, -0.2) is 0 Å². The van der Waals surface area contributed by atoms with E-state index < -0.39 is 0 Å². The second kappa shape index (κ2) is 10.7. The van der Waals surface area contributed by atoms with Gasteiger partial charge in [-0.2, -0.15) is 0 Å². The third-order valence-corrected chi connectivity index (χ3v) is 7.40. The van der Waals surface area contributed by atoms with E-state index in [4.69, 9.17) is 0 Å². The molecule has 0 heteroatoms. The van der Waals surface area contributed by atoms with Crippen LogP contribution in [0.1, 0.15) is 38.8 Å². The smallest absolute Gasteiger partial charge is 0.00263 e. The van der Waals surface area contributed by atoms with Crippen molar-refractivity contribution in [3.05, 3.63) is 120 Å². The molecular weight excluding hydrogens is 456 g/mol. The standard InChI is InChI=1S/2C17H12.2C2H6/c1-11-5-2-8-13-14-9-3-6-12-7-4-10-15(16(11)13)17(12)14;1-11-8-9-13-14-6-2-4-12-5-3-7-15(17(12)14)16(13)10-11;2*1-2/h2*2-10H,1H3;2*1-2H3. The van der Waals surface area contributed by atoms with E-state index in [9.17, 15) is 0 Å². The Balaban J connectivity index is 0.000000137. The molecule has 8 rings (SSSR count). The molecule has 6 aromatic carbocycles. The lowest BCUT2D eigenvalue weighted by Gasteiger charge is -2.04. The highest BCUT2D eigenvalue weighted by Gasteiger charge is 2.22. The van der Waals surface area contributed by atoms with E-state index in [1.807, 2.05) is 27.7 Å². The van der Waals surface area contributed by atoms with Gasteiger partial charge in [0.25, 0.3) is 0 Å². The summed E-state index contributed by atoms with van der Waals surface area (Å²) in [5, 5.41) is 5.51. The van der Waals surface area contributed by atoms with Crippen molar-refractivity contribution in [3.8, 4) is 44.5 Å². The number of benzene rings is 6. The minimum Gasteiger partial charge on any atom is -0.0683 e. The van der Waals surface area contributed by atoms with Gasteiger partial charge in [-0.1, -0.05) is 142 Å². The summed E-state index contributed by atoms with van der Waals surface area (Å²) >= 11 is 0. The molecule has 0 radical (unpaired) electrons. The summed E-state index contributed by atoms with van der Waals surface area (Å²) in [6.07, 6.45) is 0. The average molecular weight is 493 g/mol. The Kier molecular flexibility index (Phi) is 7.16. The first-order chi connectivity index (χ1) is 18.7. The number of fused-ring (bicyclic) bond motifs is 6.